The van der Waals surface area contributed by atoms with Crippen LogP contribution in [0.5, 0.6) is 0 Å². The number of aryl methyl sites for hydroxylation is 2. The Hall–Kier alpha value is -3.84. The average molecular weight is 470 g/mol. The van der Waals surface area contributed by atoms with E-state index >= 15 is 0 Å². The fourth-order valence-electron chi connectivity index (χ4n) is 4.14. The molecule has 0 amide bonds. The summed E-state index contributed by atoms with van der Waals surface area (Å²) in [5, 5.41) is 3.39. The first-order valence-electron chi connectivity index (χ1n) is 12.0. The predicted molar refractivity (Wildman–Crippen MR) is 149 cm³/mol. The van der Waals surface area contributed by atoms with Crippen LogP contribution in [0.3, 0.4) is 0 Å². The van der Waals surface area contributed by atoms with Crippen LogP contribution in [0.15, 0.2) is 70.6 Å². The summed E-state index contributed by atoms with van der Waals surface area (Å²) >= 11 is 0. The van der Waals surface area contributed by atoms with Gasteiger partial charge in [0.15, 0.2) is 0 Å². The molecular formula is C28H35N7. The molecular weight excluding hydrogens is 434 g/mol. The zero-order valence-electron chi connectivity index (χ0n) is 21.0. The van der Waals surface area contributed by atoms with Gasteiger partial charge in [-0.05, 0) is 85.6 Å². The number of aliphatic imine (C=N–C) groups is 2. The second kappa shape index (κ2) is 10.6. The van der Waals surface area contributed by atoms with Crippen LogP contribution in [0.1, 0.15) is 22.3 Å². The van der Waals surface area contributed by atoms with Crippen molar-refractivity contribution in [2.24, 2.45) is 21.5 Å². The molecule has 0 aliphatic carbocycles. The van der Waals surface area contributed by atoms with Crippen LogP contribution in [-0.2, 0) is 0 Å². The van der Waals surface area contributed by atoms with Crippen LogP contribution in [0.4, 0.5) is 22.7 Å². The minimum Gasteiger partial charge on any atom is -0.383 e. The van der Waals surface area contributed by atoms with Gasteiger partial charge in [-0.25, -0.2) is 9.98 Å². The molecule has 0 saturated carbocycles. The zero-order chi connectivity index (χ0) is 24.9. The third-order valence-corrected chi connectivity index (χ3v) is 6.32. The van der Waals surface area contributed by atoms with E-state index in [1.165, 1.54) is 5.69 Å². The second-order valence-electron chi connectivity index (χ2n) is 9.14. The van der Waals surface area contributed by atoms with Gasteiger partial charge >= 0.3 is 0 Å². The summed E-state index contributed by atoms with van der Waals surface area (Å²) in [6.07, 6.45) is 0. The van der Waals surface area contributed by atoms with Gasteiger partial charge in [0.25, 0.3) is 0 Å². The molecule has 1 saturated heterocycles. The largest absolute Gasteiger partial charge is 0.383 e. The summed E-state index contributed by atoms with van der Waals surface area (Å²) in [5.74, 6) is 0.960. The summed E-state index contributed by atoms with van der Waals surface area (Å²) < 4.78 is 0. The lowest BCUT2D eigenvalue weighted by Crippen LogP contribution is -2.43. The van der Waals surface area contributed by atoms with Crippen molar-refractivity contribution in [2.45, 2.75) is 13.8 Å². The number of benzene rings is 3. The van der Waals surface area contributed by atoms with Gasteiger partial charge in [0.1, 0.15) is 11.7 Å². The number of piperazine rings is 1. The van der Waals surface area contributed by atoms with Crippen molar-refractivity contribution in [3.63, 3.8) is 0 Å². The number of hydrogen-bond donors (Lipinski definition) is 3. The third kappa shape index (κ3) is 5.81. The maximum absolute atomic E-state index is 6.39. The van der Waals surface area contributed by atoms with Gasteiger partial charge in [-0.15, -0.1) is 0 Å². The number of nitrogens with one attached hydrogen (secondary N) is 1. The van der Waals surface area contributed by atoms with Crippen LogP contribution in [0.25, 0.3) is 0 Å². The molecule has 1 aliphatic heterocycles. The highest BCUT2D eigenvalue weighted by Crippen LogP contribution is 2.26. The van der Waals surface area contributed by atoms with E-state index in [1.54, 1.807) is 0 Å². The molecule has 1 fully saturated rings. The van der Waals surface area contributed by atoms with Crippen LogP contribution >= 0.6 is 0 Å². The average Bonchev–Trinajstić information content (AvgIpc) is 2.87. The molecule has 3 aromatic carbocycles. The van der Waals surface area contributed by atoms with Gasteiger partial charge in [-0.2, -0.15) is 0 Å². The molecule has 4 rings (SSSR count). The fraction of sp³-hybridized carbons (Fsp3) is 0.286. The number of anilines is 2. The number of nitrogens with zero attached hydrogens (tertiary/aromatic N) is 4. The summed E-state index contributed by atoms with van der Waals surface area (Å²) in [6.45, 7) is 8.15. The summed E-state index contributed by atoms with van der Waals surface area (Å²) in [4.78, 5) is 13.8. The summed E-state index contributed by atoms with van der Waals surface area (Å²) in [5.41, 5.74) is 20.6. The highest BCUT2D eigenvalue weighted by atomic mass is 15.2. The first-order valence-corrected chi connectivity index (χ1v) is 12.0. The highest BCUT2D eigenvalue weighted by Gasteiger charge is 2.12. The standard InChI is InChI=1S/C28H35N7/c1-19-17-22(7-11-25(19)32-27(29)21-5-8-23(9-6-21)34(3)4)28(30)33-26-12-10-24(18-20(26)2)35-15-13-31-14-16-35/h5-12,17-18,31H,13-16H2,1-4H3,(H2,29,32)(H2,30,33). The van der Waals surface area contributed by atoms with Gasteiger partial charge in [-0.1, -0.05) is 0 Å². The van der Waals surface area contributed by atoms with Crippen molar-refractivity contribution >= 4 is 34.4 Å². The lowest BCUT2D eigenvalue weighted by molar-refractivity contribution is 0.589. The Morgan fingerprint density at radius 2 is 1.31 bits per heavy atom. The zero-order valence-corrected chi connectivity index (χ0v) is 21.0. The third-order valence-electron chi connectivity index (χ3n) is 6.32. The van der Waals surface area contributed by atoms with Gasteiger partial charge < -0.3 is 26.6 Å². The summed E-state index contributed by atoms with van der Waals surface area (Å²) in [6, 6.07) is 20.3. The Kier molecular flexibility index (Phi) is 7.36. The van der Waals surface area contributed by atoms with E-state index in [9.17, 15) is 0 Å². The normalized spacial score (nSPS) is 14.8. The van der Waals surface area contributed by atoms with Crippen LogP contribution in [0.2, 0.25) is 0 Å². The van der Waals surface area contributed by atoms with E-state index in [2.05, 4.69) is 34.3 Å². The second-order valence-corrected chi connectivity index (χ2v) is 9.14. The van der Waals surface area contributed by atoms with E-state index < -0.39 is 0 Å². The number of amidine groups is 2. The number of hydrogen-bond acceptors (Lipinski definition) is 5. The molecule has 0 unspecified atom stereocenters. The smallest absolute Gasteiger partial charge is 0.131 e. The van der Waals surface area contributed by atoms with E-state index in [1.807, 2.05) is 74.4 Å². The lowest BCUT2D eigenvalue weighted by Gasteiger charge is -2.29. The molecule has 0 atom stereocenters. The Balaban J connectivity index is 1.52. The van der Waals surface area contributed by atoms with Crippen molar-refractivity contribution in [3.8, 4) is 0 Å². The van der Waals surface area contributed by atoms with Gasteiger partial charge in [0.2, 0.25) is 0 Å². The van der Waals surface area contributed by atoms with E-state index in [4.69, 9.17) is 16.5 Å². The first-order chi connectivity index (χ1) is 16.8. The van der Waals surface area contributed by atoms with Gasteiger partial charge in [0.05, 0.1) is 11.4 Å². The Labute approximate surface area is 208 Å². The summed E-state index contributed by atoms with van der Waals surface area (Å²) in [7, 11) is 4.02. The predicted octanol–water partition coefficient (Wildman–Crippen LogP) is 3.85. The molecule has 182 valence electrons. The molecule has 1 heterocycles. The molecule has 0 spiro atoms. The molecule has 1 aliphatic rings. The monoisotopic (exact) mass is 469 g/mol. The Morgan fingerprint density at radius 3 is 1.89 bits per heavy atom. The van der Waals surface area contributed by atoms with E-state index in [-0.39, 0.29) is 0 Å². The maximum atomic E-state index is 6.39. The van der Waals surface area contributed by atoms with Crippen molar-refractivity contribution in [2.75, 3.05) is 50.1 Å². The van der Waals surface area contributed by atoms with Crippen LogP contribution in [0, 0.1) is 13.8 Å². The molecule has 7 nitrogen and oxygen atoms in total. The Bertz CT molecular complexity index is 1240. The molecule has 35 heavy (non-hydrogen) atoms. The molecule has 0 aromatic heterocycles. The SMILES string of the molecule is Cc1cc(C(N)=Nc2ccc(N3CCNCC3)cc2C)ccc1N=C(N)c1ccc(N(C)C)cc1. The highest BCUT2D eigenvalue weighted by molar-refractivity contribution is 6.01. The quantitative estimate of drug-likeness (QED) is 0.376. The van der Waals surface area contributed by atoms with Crippen molar-refractivity contribution in [3.05, 3.63) is 82.9 Å². The van der Waals surface area contributed by atoms with Crippen molar-refractivity contribution in [1.29, 1.82) is 0 Å². The topological polar surface area (TPSA) is 95.3 Å². The molecule has 5 N–H and O–H groups in total. The van der Waals surface area contributed by atoms with Gasteiger partial charge in [-0.3, -0.25) is 0 Å². The van der Waals surface area contributed by atoms with Crippen molar-refractivity contribution in [1.82, 2.24) is 5.32 Å². The van der Waals surface area contributed by atoms with Crippen LogP contribution in [-0.4, -0.2) is 51.9 Å². The van der Waals surface area contributed by atoms with E-state index in [0.29, 0.717) is 11.7 Å². The minimum atomic E-state index is 0.480. The molecule has 0 bridgehead atoms. The minimum absolute atomic E-state index is 0.480. The van der Waals surface area contributed by atoms with Crippen LogP contribution < -0.4 is 26.6 Å². The molecule has 7 heteroatoms. The van der Waals surface area contributed by atoms with E-state index in [0.717, 1.165) is 65.5 Å². The van der Waals surface area contributed by atoms with Gasteiger partial charge in [0, 0.05) is 62.8 Å². The lowest BCUT2D eigenvalue weighted by atomic mass is 10.1. The maximum Gasteiger partial charge on any atom is 0.131 e. The molecule has 3 aromatic rings. The first kappa shape index (κ1) is 24.3. The number of nitrogens with two attached hydrogens (primary N) is 2. The fourth-order valence-corrected chi connectivity index (χ4v) is 4.14. The van der Waals surface area contributed by atoms with Crippen molar-refractivity contribution < 1.29 is 0 Å². The molecule has 0 radical (unpaired) electrons. The number of rotatable bonds is 6. The Morgan fingerprint density at radius 1 is 0.771 bits per heavy atom.